The van der Waals surface area contributed by atoms with Crippen LogP contribution in [0, 0.1) is 13.8 Å². The van der Waals surface area contributed by atoms with Crippen LogP contribution < -0.4 is 5.73 Å². The van der Waals surface area contributed by atoms with Gasteiger partial charge in [-0.2, -0.15) is 0 Å². The van der Waals surface area contributed by atoms with Gasteiger partial charge in [-0.15, -0.1) is 6.58 Å². The summed E-state index contributed by atoms with van der Waals surface area (Å²) in [6.45, 7) is 7.55. The summed E-state index contributed by atoms with van der Waals surface area (Å²) in [7, 11) is 0. The first-order valence-corrected chi connectivity index (χ1v) is 5.63. The van der Waals surface area contributed by atoms with Gasteiger partial charge < -0.3 is 10.8 Å². The number of phenolic OH excluding ortho intramolecular Hbond substituents is 1. The Bertz CT molecular complexity index is 388. The molecule has 0 unspecified atom stereocenters. The number of hydrogen-bond acceptors (Lipinski definition) is 2. The molecule has 0 saturated carbocycles. The second kappa shape index (κ2) is 4.81. The number of benzene rings is 1. The van der Waals surface area contributed by atoms with E-state index in [0.29, 0.717) is 6.42 Å². The van der Waals surface area contributed by atoms with Crippen molar-refractivity contribution in [1.29, 1.82) is 0 Å². The third-order valence-electron chi connectivity index (χ3n) is 2.50. The van der Waals surface area contributed by atoms with Crippen molar-refractivity contribution in [3.8, 4) is 5.75 Å². The van der Waals surface area contributed by atoms with Gasteiger partial charge in [-0.05, 0) is 37.5 Å². The number of hydrogen-bond donors (Lipinski definition) is 2. The summed E-state index contributed by atoms with van der Waals surface area (Å²) in [6, 6.07) is 1.54. The Kier molecular flexibility index (Phi) is 3.94. The molecule has 0 aliphatic heterocycles. The van der Waals surface area contributed by atoms with Crippen LogP contribution in [0.4, 0.5) is 0 Å². The lowest BCUT2D eigenvalue weighted by atomic mass is 9.96. The molecule has 1 aromatic rings. The average molecular weight is 270 g/mol. The highest BCUT2D eigenvalue weighted by Crippen LogP contribution is 2.35. The van der Waals surface area contributed by atoms with Gasteiger partial charge in [-0.3, -0.25) is 0 Å². The molecule has 0 aliphatic rings. The van der Waals surface area contributed by atoms with Crippen LogP contribution in [0.3, 0.4) is 0 Å². The molecule has 1 aromatic carbocycles. The van der Waals surface area contributed by atoms with Gasteiger partial charge in [0.15, 0.2) is 0 Å². The van der Waals surface area contributed by atoms with Crippen LogP contribution in [-0.4, -0.2) is 5.11 Å². The molecule has 0 amide bonds. The zero-order valence-electron chi connectivity index (χ0n) is 9.05. The number of aromatic hydroxyl groups is 1. The molecule has 82 valence electrons. The van der Waals surface area contributed by atoms with E-state index in [1.54, 1.807) is 12.1 Å². The molecule has 0 bridgehead atoms. The summed E-state index contributed by atoms with van der Waals surface area (Å²) >= 11 is 3.49. The van der Waals surface area contributed by atoms with E-state index in [2.05, 4.69) is 22.5 Å². The van der Waals surface area contributed by atoms with E-state index in [1.807, 2.05) is 13.8 Å². The predicted octanol–water partition coefficient (Wildman–Crippen LogP) is 3.35. The Labute approximate surface area is 98.9 Å². The van der Waals surface area contributed by atoms with Gasteiger partial charge in [0.05, 0.1) is 0 Å². The highest BCUT2D eigenvalue weighted by Gasteiger charge is 2.16. The standard InChI is InChI=1S/C12H16BrNO/c1-4-5-9(14)11-8(3)12(13)7(2)6-10(11)15/h4,6,9,15H,1,5,14H2,2-3H3/t9-/m1/s1. The minimum atomic E-state index is -0.195. The summed E-state index contributed by atoms with van der Waals surface area (Å²) in [4.78, 5) is 0. The Morgan fingerprint density at radius 2 is 2.20 bits per heavy atom. The fourth-order valence-electron chi connectivity index (χ4n) is 1.72. The molecule has 0 saturated heterocycles. The second-order valence-corrected chi connectivity index (χ2v) is 4.49. The van der Waals surface area contributed by atoms with Crippen LogP contribution in [0.1, 0.15) is 29.2 Å². The molecule has 0 radical (unpaired) electrons. The van der Waals surface area contributed by atoms with Crippen LogP contribution in [0.2, 0.25) is 0 Å². The van der Waals surface area contributed by atoms with Crippen LogP contribution in [0.25, 0.3) is 0 Å². The summed E-state index contributed by atoms with van der Waals surface area (Å²) in [6.07, 6.45) is 2.42. The maximum absolute atomic E-state index is 9.86. The van der Waals surface area contributed by atoms with Crippen LogP contribution in [-0.2, 0) is 0 Å². The molecule has 1 atom stereocenters. The van der Waals surface area contributed by atoms with Crippen molar-refractivity contribution in [2.75, 3.05) is 0 Å². The Morgan fingerprint density at radius 3 is 2.73 bits per heavy atom. The summed E-state index contributed by atoms with van der Waals surface area (Å²) in [5.74, 6) is 0.266. The topological polar surface area (TPSA) is 46.2 Å². The Hall–Kier alpha value is -0.800. The van der Waals surface area contributed by atoms with E-state index in [0.717, 1.165) is 21.2 Å². The molecule has 3 heteroatoms. The van der Waals surface area contributed by atoms with Crippen molar-refractivity contribution in [3.63, 3.8) is 0 Å². The smallest absolute Gasteiger partial charge is 0.120 e. The summed E-state index contributed by atoms with van der Waals surface area (Å²) in [5.41, 5.74) is 8.79. The number of nitrogens with two attached hydrogens (primary N) is 1. The van der Waals surface area contributed by atoms with Gasteiger partial charge in [-0.1, -0.05) is 22.0 Å². The molecule has 1 rings (SSSR count). The van der Waals surface area contributed by atoms with Crippen LogP contribution >= 0.6 is 15.9 Å². The van der Waals surface area contributed by atoms with Gasteiger partial charge in [0.25, 0.3) is 0 Å². The first kappa shape index (κ1) is 12.3. The Balaban J connectivity index is 3.28. The van der Waals surface area contributed by atoms with Gasteiger partial charge in [0.2, 0.25) is 0 Å². The zero-order valence-corrected chi connectivity index (χ0v) is 10.6. The maximum Gasteiger partial charge on any atom is 0.120 e. The molecule has 2 nitrogen and oxygen atoms in total. The summed E-state index contributed by atoms with van der Waals surface area (Å²) < 4.78 is 1.01. The van der Waals surface area contributed by atoms with E-state index in [9.17, 15) is 5.11 Å². The summed E-state index contributed by atoms with van der Waals surface area (Å²) in [5, 5.41) is 9.86. The van der Waals surface area contributed by atoms with E-state index in [1.165, 1.54) is 0 Å². The Morgan fingerprint density at radius 1 is 1.60 bits per heavy atom. The zero-order chi connectivity index (χ0) is 11.6. The predicted molar refractivity (Wildman–Crippen MR) is 67.0 cm³/mol. The van der Waals surface area contributed by atoms with Crippen molar-refractivity contribution in [2.45, 2.75) is 26.3 Å². The lowest BCUT2D eigenvalue weighted by Gasteiger charge is -2.17. The van der Waals surface area contributed by atoms with Gasteiger partial charge >= 0.3 is 0 Å². The van der Waals surface area contributed by atoms with Gasteiger partial charge in [0, 0.05) is 16.1 Å². The SMILES string of the molecule is C=CC[C@@H](N)c1c(O)cc(C)c(Br)c1C. The third-order valence-corrected chi connectivity index (χ3v) is 3.72. The van der Waals surface area contributed by atoms with E-state index < -0.39 is 0 Å². The quantitative estimate of drug-likeness (QED) is 0.827. The van der Waals surface area contributed by atoms with Crippen molar-refractivity contribution >= 4 is 15.9 Å². The second-order valence-electron chi connectivity index (χ2n) is 3.70. The number of rotatable bonds is 3. The van der Waals surface area contributed by atoms with Crippen molar-refractivity contribution < 1.29 is 5.11 Å². The fraction of sp³-hybridized carbons (Fsp3) is 0.333. The largest absolute Gasteiger partial charge is 0.508 e. The van der Waals surface area contributed by atoms with Crippen LogP contribution in [0.15, 0.2) is 23.2 Å². The number of halogens is 1. The molecular formula is C12H16BrNO. The minimum Gasteiger partial charge on any atom is -0.508 e. The third kappa shape index (κ3) is 2.41. The van der Waals surface area contributed by atoms with Crippen molar-refractivity contribution in [3.05, 3.63) is 39.9 Å². The van der Waals surface area contributed by atoms with Gasteiger partial charge in [0.1, 0.15) is 5.75 Å². The molecule has 0 fully saturated rings. The monoisotopic (exact) mass is 269 g/mol. The molecule has 3 N–H and O–H groups in total. The molecule has 15 heavy (non-hydrogen) atoms. The van der Waals surface area contributed by atoms with E-state index in [4.69, 9.17) is 5.73 Å². The number of aryl methyl sites for hydroxylation is 1. The molecule has 0 spiro atoms. The molecule has 0 aromatic heterocycles. The van der Waals surface area contributed by atoms with E-state index >= 15 is 0 Å². The normalized spacial score (nSPS) is 12.5. The fourth-order valence-corrected chi connectivity index (χ4v) is 2.05. The molecule has 0 aliphatic carbocycles. The highest BCUT2D eigenvalue weighted by atomic mass is 79.9. The minimum absolute atomic E-state index is 0.195. The first-order chi connectivity index (χ1) is 6.99. The van der Waals surface area contributed by atoms with Crippen LogP contribution in [0.5, 0.6) is 5.75 Å². The van der Waals surface area contributed by atoms with Gasteiger partial charge in [-0.25, -0.2) is 0 Å². The van der Waals surface area contributed by atoms with Crippen molar-refractivity contribution in [2.24, 2.45) is 5.73 Å². The molecule has 0 heterocycles. The average Bonchev–Trinajstić information content (AvgIpc) is 2.15. The first-order valence-electron chi connectivity index (χ1n) is 4.84. The molecular weight excluding hydrogens is 254 g/mol. The maximum atomic E-state index is 9.86. The highest BCUT2D eigenvalue weighted by molar-refractivity contribution is 9.10. The number of phenols is 1. The van der Waals surface area contributed by atoms with Crippen molar-refractivity contribution in [1.82, 2.24) is 0 Å². The van der Waals surface area contributed by atoms with E-state index in [-0.39, 0.29) is 11.8 Å². The lowest BCUT2D eigenvalue weighted by molar-refractivity contribution is 0.460. The lowest BCUT2D eigenvalue weighted by Crippen LogP contribution is -2.11.